The summed E-state index contributed by atoms with van der Waals surface area (Å²) in [6.45, 7) is 10.6. The largest absolute Gasteiger partial charge is 0.465 e. The Morgan fingerprint density at radius 2 is 0.943 bits per heavy atom. The van der Waals surface area contributed by atoms with Crippen molar-refractivity contribution in [3.63, 3.8) is 0 Å². The summed E-state index contributed by atoms with van der Waals surface area (Å²) in [4.78, 5) is 25.9. The van der Waals surface area contributed by atoms with E-state index >= 15 is 0 Å². The monoisotopic (exact) mass is 496 g/mol. The SMILES string of the molecule is CCCCCCCCCCCCCCCCCOC(=O)C(CC)(CC)C(=O)OC(CCC)CCC. The molecule has 0 radical (unpaired) electrons. The van der Waals surface area contributed by atoms with E-state index < -0.39 is 17.4 Å². The molecule has 0 amide bonds. The fourth-order valence-electron chi connectivity index (χ4n) is 4.86. The van der Waals surface area contributed by atoms with Gasteiger partial charge in [-0.25, -0.2) is 0 Å². The highest BCUT2D eigenvalue weighted by Gasteiger charge is 2.46. The van der Waals surface area contributed by atoms with Gasteiger partial charge in [0.1, 0.15) is 6.10 Å². The van der Waals surface area contributed by atoms with Crippen LogP contribution >= 0.6 is 0 Å². The lowest BCUT2D eigenvalue weighted by Crippen LogP contribution is -2.42. The van der Waals surface area contributed by atoms with E-state index in [1.165, 1.54) is 83.5 Å². The number of unbranched alkanes of at least 4 members (excludes halogenated alkanes) is 14. The molecular weight excluding hydrogens is 436 g/mol. The molecule has 0 saturated heterocycles. The maximum Gasteiger partial charge on any atom is 0.323 e. The van der Waals surface area contributed by atoms with Gasteiger partial charge in [-0.1, -0.05) is 137 Å². The highest BCUT2D eigenvalue weighted by atomic mass is 16.6. The molecule has 208 valence electrons. The second-order valence-corrected chi connectivity index (χ2v) is 10.5. The molecule has 0 fully saturated rings. The summed E-state index contributed by atoms with van der Waals surface area (Å²) in [7, 11) is 0. The Morgan fingerprint density at radius 3 is 1.31 bits per heavy atom. The van der Waals surface area contributed by atoms with Gasteiger partial charge in [0.15, 0.2) is 5.41 Å². The van der Waals surface area contributed by atoms with Crippen LogP contribution in [0.25, 0.3) is 0 Å². The minimum atomic E-state index is -1.16. The van der Waals surface area contributed by atoms with Gasteiger partial charge in [0.05, 0.1) is 6.61 Å². The van der Waals surface area contributed by atoms with Crippen molar-refractivity contribution in [2.45, 2.75) is 176 Å². The first-order valence-electron chi connectivity index (χ1n) is 15.4. The zero-order valence-corrected chi connectivity index (χ0v) is 24.3. The number of rotatable bonds is 25. The van der Waals surface area contributed by atoms with Crippen molar-refractivity contribution in [1.82, 2.24) is 0 Å². The molecule has 0 aliphatic rings. The van der Waals surface area contributed by atoms with E-state index in [-0.39, 0.29) is 6.10 Å². The molecule has 0 bridgehead atoms. The van der Waals surface area contributed by atoms with Crippen LogP contribution in [0.1, 0.15) is 169 Å². The van der Waals surface area contributed by atoms with Crippen LogP contribution in [-0.4, -0.2) is 24.6 Å². The summed E-state index contributed by atoms with van der Waals surface area (Å²) in [5.41, 5.74) is -1.16. The molecule has 0 aromatic carbocycles. The van der Waals surface area contributed by atoms with Crippen molar-refractivity contribution >= 4 is 11.9 Å². The molecule has 0 rings (SSSR count). The third kappa shape index (κ3) is 15.6. The quantitative estimate of drug-likeness (QED) is 0.0717. The summed E-state index contributed by atoms with van der Waals surface area (Å²) in [6, 6.07) is 0. The van der Waals surface area contributed by atoms with Crippen molar-refractivity contribution in [3.05, 3.63) is 0 Å². The fraction of sp³-hybridized carbons (Fsp3) is 0.935. The van der Waals surface area contributed by atoms with E-state index in [1.807, 2.05) is 13.8 Å². The van der Waals surface area contributed by atoms with Gasteiger partial charge in [0, 0.05) is 0 Å². The van der Waals surface area contributed by atoms with Crippen LogP contribution in [0.15, 0.2) is 0 Å². The van der Waals surface area contributed by atoms with Crippen LogP contribution in [0, 0.1) is 5.41 Å². The van der Waals surface area contributed by atoms with Crippen molar-refractivity contribution in [2.24, 2.45) is 5.41 Å². The predicted molar refractivity (Wildman–Crippen MR) is 149 cm³/mol. The van der Waals surface area contributed by atoms with Crippen LogP contribution in [0.2, 0.25) is 0 Å². The van der Waals surface area contributed by atoms with Crippen LogP contribution in [0.3, 0.4) is 0 Å². The Hall–Kier alpha value is -1.06. The summed E-state index contributed by atoms with van der Waals surface area (Å²) in [5.74, 6) is -0.791. The minimum Gasteiger partial charge on any atom is -0.465 e. The van der Waals surface area contributed by atoms with E-state index in [0.717, 1.165) is 38.5 Å². The number of hydrogen-bond donors (Lipinski definition) is 0. The molecule has 0 aromatic rings. The smallest absolute Gasteiger partial charge is 0.323 e. The Labute approximate surface area is 218 Å². The number of ether oxygens (including phenoxy) is 2. The topological polar surface area (TPSA) is 52.6 Å². The van der Waals surface area contributed by atoms with Gasteiger partial charge in [0.25, 0.3) is 0 Å². The zero-order valence-electron chi connectivity index (χ0n) is 24.3. The van der Waals surface area contributed by atoms with E-state index in [9.17, 15) is 9.59 Å². The maximum atomic E-state index is 13.0. The summed E-state index contributed by atoms with van der Waals surface area (Å²) >= 11 is 0. The second kappa shape index (κ2) is 23.3. The molecular formula is C31H60O4. The van der Waals surface area contributed by atoms with E-state index in [1.54, 1.807) is 0 Å². The molecule has 35 heavy (non-hydrogen) atoms. The van der Waals surface area contributed by atoms with Gasteiger partial charge in [-0.15, -0.1) is 0 Å². The van der Waals surface area contributed by atoms with Crippen molar-refractivity contribution in [1.29, 1.82) is 0 Å². The molecule has 0 N–H and O–H groups in total. The van der Waals surface area contributed by atoms with Crippen LogP contribution in [0.5, 0.6) is 0 Å². The number of carbonyl (C=O) groups is 2. The number of hydrogen-bond acceptors (Lipinski definition) is 4. The number of carbonyl (C=O) groups excluding carboxylic acids is 2. The van der Waals surface area contributed by atoms with Gasteiger partial charge < -0.3 is 9.47 Å². The normalized spacial score (nSPS) is 11.7. The summed E-state index contributed by atoms with van der Waals surface area (Å²) < 4.78 is 11.4. The zero-order chi connectivity index (χ0) is 26.2. The van der Waals surface area contributed by atoms with Gasteiger partial charge >= 0.3 is 11.9 Å². The molecule has 0 aliphatic carbocycles. The van der Waals surface area contributed by atoms with Crippen LogP contribution in [0.4, 0.5) is 0 Å². The molecule has 4 nitrogen and oxygen atoms in total. The summed E-state index contributed by atoms with van der Waals surface area (Å²) in [5, 5.41) is 0. The minimum absolute atomic E-state index is 0.0988. The second-order valence-electron chi connectivity index (χ2n) is 10.5. The lowest BCUT2D eigenvalue weighted by atomic mass is 9.82. The van der Waals surface area contributed by atoms with Gasteiger partial charge in [-0.2, -0.15) is 0 Å². The van der Waals surface area contributed by atoms with Crippen molar-refractivity contribution in [2.75, 3.05) is 6.61 Å². The highest BCUT2D eigenvalue weighted by Crippen LogP contribution is 2.31. The Bertz CT molecular complexity index is 492. The van der Waals surface area contributed by atoms with E-state index in [4.69, 9.17) is 9.47 Å². The van der Waals surface area contributed by atoms with Crippen molar-refractivity contribution in [3.8, 4) is 0 Å². The molecule has 0 spiro atoms. The molecule has 0 heterocycles. The average molecular weight is 497 g/mol. The summed E-state index contributed by atoms with van der Waals surface area (Å²) in [6.07, 6.45) is 24.0. The maximum absolute atomic E-state index is 13.0. The van der Waals surface area contributed by atoms with Gasteiger partial charge in [0.2, 0.25) is 0 Å². The molecule has 0 atom stereocenters. The predicted octanol–water partition coefficient (Wildman–Crippen LogP) is 9.72. The third-order valence-electron chi connectivity index (χ3n) is 7.46. The first-order chi connectivity index (χ1) is 17.0. The average Bonchev–Trinajstić information content (AvgIpc) is 2.85. The molecule has 0 aromatic heterocycles. The molecule has 0 saturated carbocycles. The third-order valence-corrected chi connectivity index (χ3v) is 7.46. The molecule has 0 aliphatic heterocycles. The molecule has 0 unspecified atom stereocenters. The standard InChI is InChI=1S/C31H60O4/c1-6-11-12-13-14-15-16-17-18-19-20-21-22-23-24-27-34-29(32)31(9-4,10-5)30(33)35-28(25-7-2)26-8-3/h28H,6-27H2,1-5H3. The molecule has 4 heteroatoms. The lowest BCUT2D eigenvalue weighted by molar-refractivity contribution is -0.177. The first kappa shape index (κ1) is 33.9. The highest BCUT2D eigenvalue weighted by molar-refractivity contribution is 6.00. The van der Waals surface area contributed by atoms with E-state index in [2.05, 4.69) is 20.8 Å². The van der Waals surface area contributed by atoms with Crippen LogP contribution < -0.4 is 0 Å². The Morgan fingerprint density at radius 1 is 0.543 bits per heavy atom. The van der Waals surface area contributed by atoms with Gasteiger partial charge in [-0.05, 0) is 32.1 Å². The van der Waals surface area contributed by atoms with Crippen LogP contribution in [-0.2, 0) is 19.1 Å². The van der Waals surface area contributed by atoms with Crippen molar-refractivity contribution < 1.29 is 19.1 Å². The number of esters is 2. The Balaban J connectivity index is 3.98. The first-order valence-corrected chi connectivity index (χ1v) is 15.4. The fourth-order valence-corrected chi connectivity index (χ4v) is 4.86. The Kier molecular flexibility index (Phi) is 22.6. The van der Waals surface area contributed by atoms with E-state index in [0.29, 0.717) is 19.4 Å². The van der Waals surface area contributed by atoms with Gasteiger partial charge in [-0.3, -0.25) is 9.59 Å². The lowest BCUT2D eigenvalue weighted by Gasteiger charge is -2.29.